The highest BCUT2D eigenvalue weighted by Crippen LogP contribution is 2.31. The van der Waals surface area contributed by atoms with E-state index < -0.39 is 22.2 Å². The molecule has 0 saturated carbocycles. The molecule has 4 aromatic rings. The van der Waals surface area contributed by atoms with Gasteiger partial charge in [0.2, 0.25) is 5.91 Å². The van der Waals surface area contributed by atoms with E-state index in [2.05, 4.69) is 10.0 Å². The minimum atomic E-state index is -3.80. The van der Waals surface area contributed by atoms with Crippen LogP contribution in [0.1, 0.15) is 19.4 Å². The van der Waals surface area contributed by atoms with E-state index in [0.717, 1.165) is 22.1 Å². The zero-order chi connectivity index (χ0) is 31.4. The number of amides is 3. The molecule has 3 atom stereocenters. The van der Waals surface area contributed by atoms with Gasteiger partial charge < -0.3 is 25.0 Å². The first kappa shape index (κ1) is 31.3. The van der Waals surface area contributed by atoms with E-state index in [9.17, 15) is 23.1 Å². The lowest BCUT2D eigenvalue weighted by molar-refractivity contribution is -0.134. The maximum absolute atomic E-state index is 13.5. The number of likely N-dealkylation sites (N-methyl/N-ethyl adjacent to an activating group) is 1. The van der Waals surface area contributed by atoms with Crippen LogP contribution in [0.15, 0.2) is 82.4 Å². The molecule has 3 aromatic carbocycles. The van der Waals surface area contributed by atoms with Crippen LogP contribution < -0.4 is 14.8 Å². The number of urea groups is 1. The van der Waals surface area contributed by atoms with Crippen LogP contribution >= 0.6 is 11.3 Å². The van der Waals surface area contributed by atoms with Gasteiger partial charge in [-0.15, -0.1) is 11.3 Å². The van der Waals surface area contributed by atoms with Gasteiger partial charge in [-0.05, 0) is 48.0 Å². The molecule has 0 radical (unpaired) electrons. The smallest absolute Gasteiger partial charge is 0.321 e. The number of hydrogen-bond acceptors (Lipinski definition) is 7. The largest absolute Gasteiger partial charge is 0.488 e. The van der Waals surface area contributed by atoms with E-state index in [1.807, 2.05) is 49.4 Å². The van der Waals surface area contributed by atoms with Crippen LogP contribution in [0.3, 0.4) is 0 Å². The second kappa shape index (κ2) is 13.2. The number of carbonyl (C=O) groups is 2. The molecule has 12 heteroatoms. The quantitative estimate of drug-likeness (QED) is 0.249. The lowest BCUT2D eigenvalue weighted by Gasteiger charge is -2.34. The summed E-state index contributed by atoms with van der Waals surface area (Å²) in [5.74, 6) is -0.0106. The zero-order valence-electron chi connectivity index (χ0n) is 24.8. The van der Waals surface area contributed by atoms with Crippen molar-refractivity contribution in [2.45, 2.75) is 36.6 Å². The summed E-state index contributed by atoms with van der Waals surface area (Å²) in [6, 6.07) is 20.8. The van der Waals surface area contributed by atoms with Crippen LogP contribution in [0.4, 0.5) is 16.2 Å². The lowest BCUT2D eigenvalue weighted by Crippen LogP contribution is -2.48. The van der Waals surface area contributed by atoms with Crippen LogP contribution in [0, 0.1) is 5.92 Å². The number of rotatable bonds is 8. The number of anilines is 2. The number of nitrogens with one attached hydrogen (secondary N) is 2. The third kappa shape index (κ3) is 6.98. The number of sulfonamides is 1. The molecule has 3 N–H and O–H groups in total. The molecule has 0 bridgehead atoms. The Balaban J connectivity index is 1.41. The van der Waals surface area contributed by atoms with Crippen molar-refractivity contribution in [2.24, 2.45) is 5.92 Å². The summed E-state index contributed by atoms with van der Waals surface area (Å²) >= 11 is 1.11. The van der Waals surface area contributed by atoms with Gasteiger partial charge in [-0.2, -0.15) is 0 Å². The summed E-state index contributed by atoms with van der Waals surface area (Å²) in [6.07, 6.45) is -0.574. The fourth-order valence-corrected chi connectivity index (χ4v) is 7.27. The number of aliphatic hydroxyl groups excluding tert-OH is 1. The Labute approximate surface area is 261 Å². The number of ether oxygens (including phenoxy) is 1. The van der Waals surface area contributed by atoms with E-state index in [1.54, 1.807) is 53.4 Å². The van der Waals surface area contributed by atoms with Gasteiger partial charge in [0.25, 0.3) is 10.0 Å². The topological polar surface area (TPSA) is 128 Å². The van der Waals surface area contributed by atoms with Gasteiger partial charge in [-0.3, -0.25) is 9.52 Å². The average molecular weight is 637 g/mol. The average Bonchev–Trinajstić information content (AvgIpc) is 3.57. The van der Waals surface area contributed by atoms with Crippen LogP contribution in [0.5, 0.6) is 5.75 Å². The molecular weight excluding hydrogens is 601 g/mol. The minimum Gasteiger partial charge on any atom is -0.488 e. The molecular formula is C32H36N4O6S2. The molecule has 0 unspecified atom stereocenters. The maximum Gasteiger partial charge on any atom is 0.321 e. The molecule has 0 aliphatic carbocycles. The summed E-state index contributed by atoms with van der Waals surface area (Å²) in [5, 5.41) is 16.5. The van der Waals surface area contributed by atoms with Crippen molar-refractivity contribution in [3.63, 3.8) is 0 Å². The van der Waals surface area contributed by atoms with Crippen molar-refractivity contribution in [2.75, 3.05) is 36.8 Å². The standard InChI is InChI=1S/C32H36N4O6S2/c1-21-18-36(22(2)20-37)30(38)17-24-16-25(34-44(40,41)31-12-7-15-43-31)13-14-28(24)42-29(21)19-35(3)32(39)33-27-11-6-9-23-8-4-5-10-26(23)27/h4-16,21-22,29,34,37H,17-20H2,1-3H3,(H,33,39)/t21-,22-,29-/m1/s1. The summed E-state index contributed by atoms with van der Waals surface area (Å²) in [4.78, 5) is 30.0. The van der Waals surface area contributed by atoms with Crippen molar-refractivity contribution in [1.82, 2.24) is 9.80 Å². The molecule has 5 rings (SSSR count). The zero-order valence-corrected chi connectivity index (χ0v) is 26.4. The normalized spacial score (nSPS) is 17.9. The van der Waals surface area contributed by atoms with Crippen LogP contribution in [-0.2, 0) is 21.2 Å². The van der Waals surface area contributed by atoms with Gasteiger partial charge in [-0.1, -0.05) is 49.4 Å². The number of thiophene rings is 1. The predicted octanol–water partition coefficient (Wildman–Crippen LogP) is 5.02. The van der Waals surface area contributed by atoms with Crippen molar-refractivity contribution >= 4 is 55.4 Å². The second-order valence-corrected chi connectivity index (χ2v) is 13.9. The van der Waals surface area contributed by atoms with Crippen LogP contribution in [0.2, 0.25) is 0 Å². The Morgan fingerprint density at radius 2 is 1.91 bits per heavy atom. The van der Waals surface area contributed by atoms with Crippen molar-refractivity contribution in [3.05, 3.63) is 83.7 Å². The Hall–Kier alpha value is -4.13. The number of aliphatic hydroxyl groups is 1. The van der Waals surface area contributed by atoms with E-state index in [-0.39, 0.29) is 41.6 Å². The van der Waals surface area contributed by atoms with Gasteiger partial charge in [-0.25, -0.2) is 13.2 Å². The number of nitrogens with zero attached hydrogens (tertiary/aromatic N) is 2. The first-order chi connectivity index (χ1) is 21.1. The summed E-state index contributed by atoms with van der Waals surface area (Å²) in [6.45, 7) is 4.01. The molecule has 0 saturated heterocycles. The number of fused-ring (bicyclic) bond motifs is 2. The van der Waals surface area contributed by atoms with Gasteiger partial charge in [0.15, 0.2) is 0 Å². The summed E-state index contributed by atoms with van der Waals surface area (Å²) in [5.41, 5.74) is 1.49. The van der Waals surface area contributed by atoms with E-state index in [0.29, 0.717) is 29.2 Å². The third-order valence-electron chi connectivity index (χ3n) is 7.76. The number of carbonyl (C=O) groups excluding carboxylic acids is 2. The fraction of sp³-hybridized carbons (Fsp3) is 0.312. The maximum atomic E-state index is 13.5. The Morgan fingerprint density at radius 3 is 2.66 bits per heavy atom. The van der Waals surface area contributed by atoms with Crippen LogP contribution in [-0.4, -0.2) is 74.2 Å². The number of hydrogen-bond donors (Lipinski definition) is 3. The molecule has 0 spiro atoms. The van der Waals surface area contributed by atoms with Crippen molar-refractivity contribution in [3.8, 4) is 5.75 Å². The first-order valence-electron chi connectivity index (χ1n) is 14.3. The highest BCUT2D eigenvalue weighted by Gasteiger charge is 2.32. The molecule has 1 aliphatic rings. The van der Waals surface area contributed by atoms with E-state index in [1.165, 1.54) is 6.07 Å². The minimum absolute atomic E-state index is 0.0505. The lowest BCUT2D eigenvalue weighted by atomic mass is 10.0. The van der Waals surface area contributed by atoms with Crippen molar-refractivity contribution < 1.29 is 27.9 Å². The van der Waals surface area contributed by atoms with Crippen molar-refractivity contribution in [1.29, 1.82) is 0 Å². The predicted molar refractivity (Wildman–Crippen MR) is 173 cm³/mol. The molecule has 2 heterocycles. The van der Waals surface area contributed by atoms with Gasteiger partial charge >= 0.3 is 6.03 Å². The third-order valence-corrected chi connectivity index (χ3v) is 10.5. The Morgan fingerprint density at radius 1 is 1.14 bits per heavy atom. The Kier molecular flexibility index (Phi) is 9.42. The highest BCUT2D eigenvalue weighted by molar-refractivity contribution is 7.94. The fourth-order valence-electron chi connectivity index (χ4n) is 5.23. The first-order valence-corrected chi connectivity index (χ1v) is 16.7. The molecule has 232 valence electrons. The summed E-state index contributed by atoms with van der Waals surface area (Å²) < 4.78 is 35.0. The molecule has 1 aromatic heterocycles. The molecule has 1 aliphatic heterocycles. The monoisotopic (exact) mass is 636 g/mol. The molecule has 0 fully saturated rings. The molecule has 3 amide bonds. The van der Waals surface area contributed by atoms with Gasteiger partial charge in [0.05, 0.1) is 31.3 Å². The van der Waals surface area contributed by atoms with Gasteiger partial charge in [0, 0.05) is 36.1 Å². The SMILES string of the molecule is C[C@@H]1CN([C@H](C)CO)C(=O)Cc2cc(NS(=O)(=O)c3cccs3)ccc2O[C@@H]1CN(C)C(=O)Nc1cccc2ccccc12. The second-order valence-electron chi connectivity index (χ2n) is 11.1. The Bertz CT molecular complexity index is 1740. The highest BCUT2D eigenvalue weighted by atomic mass is 32.2. The molecule has 10 nitrogen and oxygen atoms in total. The number of benzene rings is 3. The van der Waals surface area contributed by atoms with E-state index in [4.69, 9.17) is 4.74 Å². The molecule has 44 heavy (non-hydrogen) atoms. The van der Waals surface area contributed by atoms with Crippen LogP contribution in [0.25, 0.3) is 10.8 Å². The van der Waals surface area contributed by atoms with Gasteiger partial charge in [0.1, 0.15) is 16.1 Å². The van der Waals surface area contributed by atoms with E-state index >= 15 is 0 Å². The summed E-state index contributed by atoms with van der Waals surface area (Å²) in [7, 11) is -2.11.